The summed E-state index contributed by atoms with van der Waals surface area (Å²) in [5.74, 6) is -1.41. The van der Waals surface area contributed by atoms with Crippen molar-refractivity contribution in [2.75, 3.05) is 5.43 Å². The molecule has 1 aliphatic rings. The number of aromatic nitrogens is 2. The van der Waals surface area contributed by atoms with Gasteiger partial charge < -0.3 is 15.8 Å². The van der Waals surface area contributed by atoms with Crippen molar-refractivity contribution < 1.29 is 14.3 Å². The van der Waals surface area contributed by atoms with Crippen LogP contribution in [0.5, 0.6) is 5.75 Å². The van der Waals surface area contributed by atoms with Crippen LogP contribution in [0.3, 0.4) is 0 Å². The molecule has 2 heterocycles. The molecule has 4 rings (SSSR count). The molecule has 0 aliphatic carbocycles. The van der Waals surface area contributed by atoms with E-state index in [-0.39, 0.29) is 24.1 Å². The fraction of sp³-hybridized carbons (Fsp3) is 0.150. The highest BCUT2D eigenvalue weighted by molar-refractivity contribution is 5.94. The first kappa shape index (κ1) is 17.7. The number of amides is 1. The van der Waals surface area contributed by atoms with Crippen molar-refractivity contribution >= 4 is 5.91 Å². The molecule has 0 radical (unpaired) electrons. The van der Waals surface area contributed by atoms with Crippen molar-refractivity contribution in [1.82, 2.24) is 15.0 Å². The monoisotopic (exact) mass is 380 g/mol. The van der Waals surface area contributed by atoms with Gasteiger partial charge in [0.1, 0.15) is 11.6 Å². The molecule has 28 heavy (non-hydrogen) atoms. The lowest BCUT2D eigenvalue weighted by molar-refractivity contribution is 0.0942. The van der Waals surface area contributed by atoms with E-state index in [2.05, 4.69) is 15.7 Å². The summed E-state index contributed by atoms with van der Waals surface area (Å²) in [6.45, 7) is 0.115. The standard InChI is InChI=1S/C20H17FN4O3/c21-14-8-6-12(7-9-14)11-22-19(27)17-18(26)20(28)25-16(23-17)10-15(24-25)13-4-2-1-3-5-13/h1-9,15,24,26H,10-11H2,(H,22,27). The second-order valence-corrected chi connectivity index (χ2v) is 6.47. The Hall–Kier alpha value is -3.68. The van der Waals surface area contributed by atoms with E-state index in [4.69, 9.17) is 0 Å². The fourth-order valence-corrected chi connectivity index (χ4v) is 3.11. The maximum Gasteiger partial charge on any atom is 0.315 e. The van der Waals surface area contributed by atoms with Crippen LogP contribution in [0.2, 0.25) is 0 Å². The Kier molecular flexibility index (Phi) is 4.52. The van der Waals surface area contributed by atoms with E-state index in [9.17, 15) is 19.1 Å². The van der Waals surface area contributed by atoms with Gasteiger partial charge >= 0.3 is 5.56 Å². The first-order valence-corrected chi connectivity index (χ1v) is 8.72. The van der Waals surface area contributed by atoms with Crippen molar-refractivity contribution in [3.63, 3.8) is 0 Å². The van der Waals surface area contributed by atoms with E-state index in [1.807, 2.05) is 30.3 Å². The normalized spacial score (nSPS) is 15.0. The zero-order valence-corrected chi connectivity index (χ0v) is 14.7. The summed E-state index contributed by atoms with van der Waals surface area (Å²) < 4.78 is 14.1. The molecule has 0 fully saturated rings. The number of carbonyl (C=O) groups excluding carboxylic acids is 1. The van der Waals surface area contributed by atoms with Crippen LogP contribution in [0.4, 0.5) is 4.39 Å². The lowest BCUT2D eigenvalue weighted by Crippen LogP contribution is -2.32. The Morgan fingerprint density at radius 2 is 1.93 bits per heavy atom. The van der Waals surface area contributed by atoms with Crippen LogP contribution in [-0.4, -0.2) is 20.7 Å². The Balaban J connectivity index is 1.55. The summed E-state index contributed by atoms with van der Waals surface area (Å²) in [5.41, 5.74) is 3.60. The van der Waals surface area contributed by atoms with Gasteiger partial charge in [-0.05, 0) is 23.3 Å². The Morgan fingerprint density at radius 1 is 1.21 bits per heavy atom. The van der Waals surface area contributed by atoms with E-state index in [1.165, 1.54) is 28.9 Å². The van der Waals surface area contributed by atoms with Gasteiger partial charge in [0.25, 0.3) is 5.91 Å². The number of fused-ring (bicyclic) bond motifs is 1. The molecular formula is C20H17FN4O3. The molecule has 0 saturated carbocycles. The summed E-state index contributed by atoms with van der Waals surface area (Å²) >= 11 is 0. The molecule has 1 unspecified atom stereocenters. The Bertz CT molecular complexity index is 1080. The Labute approximate surface area is 159 Å². The van der Waals surface area contributed by atoms with Crippen LogP contribution < -0.4 is 16.3 Å². The molecule has 0 saturated heterocycles. The van der Waals surface area contributed by atoms with Gasteiger partial charge in [-0.1, -0.05) is 42.5 Å². The van der Waals surface area contributed by atoms with Crippen molar-refractivity contribution in [2.45, 2.75) is 19.0 Å². The predicted molar refractivity (Wildman–Crippen MR) is 100.0 cm³/mol. The molecule has 0 spiro atoms. The average molecular weight is 380 g/mol. The van der Waals surface area contributed by atoms with Crippen molar-refractivity contribution in [3.8, 4) is 5.75 Å². The molecule has 1 atom stereocenters. The highest BCUT2D eigenvalue weighted by Gasteiger charge is 2.29. The quantitative estimate of drug-likeness (QED) is 0.642. The predicted octanol–water partition coefficient (Wildman–Crippen LogP) is 1.86. The van der Waals surface area contributed by atoms with Crippen LogP contribution in [0, 0.1) is 5.82 Å². The van der Waals surface area contributed by atoms with Gasteiger partial charge in [0.2, 0.25) is 5.75 Å². The average Bonchev–Trinajstić information content (AvgIpc) is 3.15. The summed E-state index contributed by atoms with van der Waals surface area (Å²) in [6.07, 6.45) is 0.401. The summed E-state index contributed by atoms with van der Waals surface area (Å²) in [5, 5.41) is 12.8. The third-order valence-corrected chi connectivity index (χ3v) is 4.58. The topological polar surface area (TPSA) is 96.2 Å². The Morgan fingerprint density at radius 3 is 2.64 bits per heavy atom. The minimum atomic E-state index is -0.727. The third-order valence-electron chi connectivity index (χ3n) is 4.58. The number of nitrogens with zero attached hydrogens (tertiary/aromatic N) is 2. The molecular weight excluding hydrogens is 363 g/mol. The molecule has 3 N–H and O–H groups in total. The van der Waals surface area contributed by atoms with E-state index in [0.717, 1.165) is 5.56 Å². The maximum atomic E-state index is 13.0. The summed E-state index contributed by atoms with van der Waals surface area (Å²) in [7, 11) is 0. The summed E-state index contributed by atoms with van der Waals surface area (Å²) in [6, 6.07) is 15.0. The molecule has 1 aromatic heterocycles. The molecule has 1 aliphatic heterocycles. The van der Waals surface area contributed by atoms with E-state index in [0.29, 0.717) is 17.8 Å². The number of aromatic hydroxyl groups is 1. The second-order valence-electron chi connectivity index (χ2n) is 6.47. The first-order chi connectivity index (χ1) is 13.5. The molecule has 3 aromatic rings. The molecule has 0 bridgehead atoms. The zero-order valence-electron chi connectivity index (χ0n) is 14.7. The first-order valence-electron chi connectivity index (χ1n) is 8.72. The largest absolute Gasteiger partial charge is 0.501 e. The number of halogens is 1. The van der Waals surface area contributed by atoms with Crippen LogP contribution in [-0.2, 0) is 13.0 Å². The van der Waals surface area contributed by atoms with Crippen LogP contribution in [0.15, 0.2) is 59.4 Å². The van der Waals surface area contributed by atoms with Gasteiger partial charge in [-0.3, -0.25) is 9.59 Å². The van der Waals surface area contributed by atoms with Gasteiger partial charge in [-0.25, -0.2) is 14.1 Å². The van der Waals surface area contributed by atoms with Crippen molar-refractivity contribution in [3.05, 3.63) is 93.4 Å². The van der Waals surface area contributed by atoms with Crippen LogP contribution in [0.1, 0.15) is 33.5 Å². The molecule has 1 amide bonds. The zero-order chi connectivity index (χ0) is 19.7. The van der Waals surface area contributed by atoms with E-state index >= 15 is 0 Å². The second kappa shape index (κ2) is 7.15. The minimum Gasteiger partial charge on any atom is -0.501 e. The van der Waals surface area contributed by atoms with E-state index in [1.54, 1.807) is 0 Å². The van der Waals surface area contributed by atoms with Crippen molar-refractivity contribution in [1.29, 1.82) is 0 Å². The lowest BCUT2D eigenvalue weighted by Gasteiger charge is -2.11. The number of hydrogen-bond donors (Lipinski definition) is 3. The molecule has 142 valence electrons. The number of carbonyl (C=O) groups is 1. The number of hydrogen-bond acceptors (Lipinski definition) is 5. The maximum absolute atomic E-state index is 13.0. The highest BCUT2D eigenvalue weighted by atomic mass is 19.1. The smallest absolute Gasteiger partial charge is 0.315 e. The van der Waals surface area contributed by atoms with Crippen molar-refractivity contribution in [2.24, 2.45) is 0 Å². The van der Waals surface area contributed by atoms with Crippen LogP contribution >= 0.6 is 0 Å². The molecule has 8 heteroatoms. The fourth-order valence-electron chi connectivity index (χ4n) is 3.11. The highest BCUT2D eigenvalue weighted by Crippen LogP contribution is 2.24. The SMILES string of the molecule is O=C(NCc1ccc(F)cc1)c1nc2n(c(=O)c1O)NC(c1ccccc1)C2. The van der Waals surface area contributed by atoms with Crippen LogP contribution in [0.25, 0.3) is 0 Å². The number of benzene rings is 2. The third kappa shape index (κ3) is 3.32. The lowest BCUT2D eigenvalue weighted by atomic mass is 10.1. The number of nitrogens with one attached hydrogen (secondary N) is 2. The van der Waals surface area contributed by atoms with Gasteiger partial charge in [-0.15, -0.1) is 0 Å². The summed E-state index contributed by atoms with van der Waals surface area (Å²) in [4.78, 5) is 29.1. The molecule has 2 aromatic carbocycles. The minimum absolute atomic E-state index is 0.115. The van der Waals surface area contributed by atoms with Gasteiger partial charge in [0.15, 0.2) is 5.69 Å². The number of rotatable bonds is 4. The van der Waals surface area contributed by atoms with Gasteiger partial charge in [0.05, 0.1) is 6.04 Å². The van der Waals surface area contributed by atoms with E-state index < -0.39 is 17.2 Å². The molecule has 7 nitrogen and oxygen atoms in total. The van der Waals surface area contributed by atoms with Gasteiger partial charge in [-0.2, -0.15) is 0 Å². The van der Waals surface area contributed by atoms with Gasteiger partial charge in [0, 0.05) is 13.0 Å².